The monoisotopic (exact) mass is 253 g/mol. The van der Waals surface area contributed by atoms with E-state index in [-0.39, 0.29) is 5.69 Å². The number of nitrogens with one attached hydrogen (secondary N) is 2. The summed E-state index contributed by atoms with van der Waals surface area (Å²) in [5.74, 6) is -3.23. The molecule has 0 atom stereocenters. The number of pyridine rings is 1. The van der Waals surface area contributed by atoms with Crippen LogP contribution < -0.4 is 10.6 Å². The van der Waals surface area contributed by atoms with Gasteiger partial charge in [-0.1, -0.05) is 0 Å². The van der Waals surface area contributed by atoms with Gasteiger partial charge in [-0.25, -0.2) is 13.2 Å². The van der Waals surface area contributed by atoms with Gasteiger partial charge in [-0.3, -0.25) is 4.98 Å². The maximum absolute atomic E-state index is 13.4. The van der Waals surface area contributed by atoms with Crippen LogP contribution in [0, 0.1) is 17.5 Å². The van der Waals surface area contributed by atoms with E-state index < -0.39 is 17.5 Å². The number of anilines is 3. The lowest BCUT2D eigenvalue weighted by Gasteiger charge is -2.09. The molecule has 2 rings (SSSR count). The lowest BCUT2D eigenvalue weighted by atomic mass is 10.2. The Bertz CT molecular complexity index is 572. The van der Waals surface area contributed by atoms with Crippen molar-refractivity contribution in [2.75, 3.05) is 17.7 Å². The molecule has 18 heavy (non-hydrogen) atoms. The zero-order chi connectivity index (χ0) is 13.1. The molecule has 2 aromatic rings. The highest BCUT2D eigenvalue weighted by atomic mass is 19.2. The van der Waals surface area contributed by atoms with Crippen LogP contribution >= 0.6 is 0 Å². The molecule has 94 valence electrons. The number of aromatic nitrogens is 1. The molecular formula is C12H10F3N3. The number of hydrogen-bond donors (Lipinski definition) is 2. The Morgan fingerprint density at radius 3 is 2.44 bits per heavy atom. The summed E-state index contributed by atoms with van der Waals surface area (Å²) in [5.41, 5.74) is 0.839. The number of benzene rings is 1. The first-order valence-electron chi connectivity index (χ1n) is 5.14. The Kier molecular flexibility index (Phi) is 3.36. The van der Waals surface area contributed by atoms with Crippen LogP contribution in [0.1, 0.15) is 0 Å². The maximum atomic E-state index is 13.4. The Hall–Kier alpha value is -2.24. The molecule has 0 saturated heterocycles. The molecule has 0 saturated carbocycles. The molecule has 1 heterocycles. The van der Waals surface area contributed by atoms with E-state index in [4.69, 9.17) is 0 Å². The van der Waals surface area contributed by atoms with E-state index in [1.54, 1.807) is 19.3 Å². The predicted octanol–water partition coefficient (Wildman–Crippen LogP) is 3.28. The van der Waals surface area contributed by atoms with E-state index in [1.807, 2.05) is 0 Å². The van der Waals surface area contributed by atoms with Gasteiger partial charge in [-0.05, 0) is 6.07 Å². The molecule has 0 aliphatic carbocycles. The highest BCUT2D eigenvalue weighted by Crippen LogP contribution is 2.24. The van der Waals surface area contributed by atoms with Gasteiger partial charge in [0.25, 0.3) is 0 Å². The highest BCUT2D eigenvalue weighted by molar-refractivity contribution is 5.63. The Morgan fingerprint density at radius 1 is 1.00 bits per heavy atom. The summed E-state index contributed by atoms with van der Waals surface area (Å²) in [6.07, 6.45) is 2.98. The molecule has 1 aromatic heterocycles. The van der Waals surface area contributed by atoms with Gasteiger partial charge in [-0.2, -0.15) is 0 Å². The van der Waals surface area contributed by atoms with Crippen molar-refractivity contribution in [2.24, 2.45) is 0 Å². The van der Waals surface area contributed by atoms with Crippen molar-refractivity contribution in [1.82, 2.24) is 4.98 Å². The zero-order valence-corrected chi connectivity index (χ0v) is 9.47. The van der Waals surface area contributed by atoms with E-state index >= 15 is 0 Å². The fourth-order valence-corrected chi connectivity index (χ4v) is 1.45. The Labute approximate surface area is 102 Å². The smallest absolute Gasteiger partial charge is 0.182 e. The minimum absolute atomic E-state index is 0.275. The molecule has 6 heteroatoms. The fraction of sp³-hybridized carbons (Fsp3) is 0.0833. The lowest BCUT2D eigenvalue weighted by Crippen LogP contribution is -1.99. The van der Waals surface area contributed by atoms with Gasteiger partial charge in [0, 0.05) is 19.2 Å². The lowest BCUT2D eigenvalue weighted by molar-refractivity contribution is 0.498. The molecule has 0 fully saturated rings. The Balaban J connectivity index is 2.33. The van der Waals surface area contributed by atoms with Crippen molar-refractivity contribution in [3.05, 3.63) is 48.0 Å². The summed E-state index contributed by atoms with van der Waals surface area (Å²) >= 11 is 0. The molecule has 0 bridgehead atoms. The topological polar surface area (TPSA) is 37.0 Å². The van der Waals surface area contributed by atoms with E-state index in [2.05, 4.69) is 15.6 Å². The molecule has 2 N–H and O–H groups in total. The van der Waals surface area contributed by atoms with Crippen LogP contribution in [0.25, 0.3) is 0 Å². The summed E-state index contributed by atoms with van der Waals surface area (Å²) in [5, 5.41) is 5.42. The van der Waals surface area contributed by atoms with Gasteiger partial charge in [0.05, 0.1) is 29.5 Å². The van der Waals surface area contributed by atoms with E-state index in [1.165, 1.54) is 6.20 Å². The minimum Gasteiger partial charge on any atom is -0.387 e. The molecule has 1 aromatic carbocycles. The van der Waals surface area contributed by atoms with Crippen molar-refractivity contribution in [3.8, 4) is 0 Å². The van der Waals surface area contributed by atoms with Gasteiger partial charge in [-0.15, -0.1) is 0 Å². The summed E-state index contributed by atoms with van der Waals surface area (Å²) in [4.78, 5) is 3.89. The van der Waals surface area contributed by atoms with Gasteiger partial charge in [0.15, 0.2) is 11.6 Å². The van der Waals surface area contributed by atoms with Crippen LogP contribution in [0.4, 0.5) is 30.2 Å². The standard InChI is InChI=1S/C12H10F3N3/c1-16-8-4-9(6-17-5-8)18-11-3-7(13)2-10(14)12(11)15/h2-6,16,18H,1H3. The number of nitrogens with zero attached hydrogens (tertiary/aromatic N) is 1. The second-order valence-electron chi connectivity index (χ2n) is 3.59. The molecular weight excluding hydrogens is 243 g/mol. The van der Waals surface area contributed by atoms with Crippen molar-refractivity contribution < 1.29 is 13.2 Å². The summed E-state index contributed by atoms with van der Waals surface area (Å²) in [6, 6.07) is 3.00. The maximum Gasteiger partial charge on any atom is 0.182 e. The normalized spacial score (nSPS) is 10.2. The SMILES string of the molecule is CNc1cncc(Nc2cc(F)cc(F)c2F)c1. The quantitative estimate of drug-likeness (QED) is 0.824. The third-order valence-corrected chi connectivity index (χ3v) is 2.30. The molecule has 0 aliphatic rings. The molecule has 0 unspecified atom stereocenters. The van der Waals surface area contributed by atoms with Crippen LogP contribution in [0.2, 0.25) is 0 Å². The first-order chi connectivity index (χ1) is 8.60. The first-order valence-corrected chi connectivity index (χ1v) is 5.14. The average Bonchev–Trinajstić information content (AvgIpc) is 2.35. The second kappa shape index (κ2) is 4.95. The predicted molar refractivity (Wildman–Crippen MR) is 63.4 cm³/mol. The minimum atomic E-state index is -1.24. The van der Waals surface area contributed by atoms with E-state index in [0.717, 1.165) is 6.07 Å². The van der Waals surface area contributed by atoms with Crippen molar-refractivity contribution >= 4 is 17.1 Å². The fourth-order valence-electron chi connectivity index (χ4n) is 1.45. The number of rotatable bonds is 3. The largest absolute Gasteiger partial charge is 0.387 e. The van der Waals surface area contributed by atoms with Gasteiger partial charge < -0.3 is 10.6 Å². The summed E-state index contributed by atoms with van der Waals surface area (Å²) in [6.45, 7) is 0. The number of hydrogen-bond acceptors (Lipinski definition) is 3. The summed E-state index contributed by atoms with van der Waals surface area (Å²) in [7, 11) is 1.70. The van der Waals surface area contributed by atoms with Crippen LogP contribution in [0.3, 0.4) is 0 Å². The molecule has 0 radical (unpaired) electrons. The second-order valence-corrected chi connectivity index (χ2v) is 3.59. The van der Waals surface area contributed by atoms with Crippen LogP contribution in [-0.4, -0.2) is 12.0 Å². The number of halogens is 3. The van der Waals surface area contributed by atoms with Gasteiger partial charge in [0.2, 0.25) is 0 Å². The van der Waals surface area contributed by atoms with E-state index in [9.17, 15) is 13.2 Å². The van der Waals surface area contributed by atoms with Crippen LogP contribution in [0.5, 0.6) is 0 Å². The third-order valence-electron chi connectivity index (χ3n) is 2.30. The van der Waals surface area contributed by atoms with Crippen molar-refractivity contribution in [2.45, 2.75) is 0 Å². The van der Waals surface area contributed by atoms with Gasteiger partial charge >= 0.3 is 0 Å². The highest BCUT2D eigenvalue weighted by Gasteiger charge is 2.11. The molecule has 0 aliphatic heterocycles. The molecule has 3 nitrogen and oxygen atoms in total. The first kappa shape index (κ1) is 12.2. The van der Waals surface area contributed by atoms with Gasteiger partial charge in [0.1, 0.15) is 5.82 Å². The van der Waals surface area contributed by atoms with Crippen molar-refractivity contribution in [1.29, 1.82) is 0 Å². The average molecular weight is 253 g/mol. The summed E-state index contributed by atoms with van der Waals surface area (Å²) < 4.78 is 39.4. The Morgan fingerprint density at radius 2 is 1.72 bits per heavy atom. The van der Waals surface area contributed by atoms with Crippen molar-refractivity contribution in [3.63, 3.8) is 0 Å². The van der Waals surface area contributed by atoms with Crippen LogP contribution in [0.15, 0.2) is 30.6 Å². The van der Waals surface area contributed by atoms with E-state index in [0.29, 0.717) is 17.4 Å². The third kappa shape index (κ3) is 2.53. The molecule has 0 spiro atoms. The zero-order valence-electron chi connectivity index (χ0n) is 9.47. The van der Waals surface area contributed by atoms with Crippen LogP contribution in [-0.2, 0) is 0 Å². The molecule has 0 amide bonds.